The van der Waals surface area contributed by atoms with Crippen LogP contribution < -0.4 is 5.32 Å². The largest absolute Gasteiger partial charge is 0.356 e. The minimum absolute atomic E-state index is 0.0450. The molecule has 0 radical (unpaired) electrons. The van der Waals surface area contributed by atoms with Gasteiger partial charge in [0, 0.05) is 38.4 Å². The maximum absolute atomic E-state index is 13.3. The van der Waals surface area contributed by atoms with Gasteiger partial charge in [-0.2, -0.15) is 0 Å². The summed E-state index contributed by atoms with van der Waals surface area (Å²) in [5.74, 6) is -0.605. The molecule has 0 atom stereocenters. The second kappa shape index (κ2) is 10.3. The third-order valence-corrected chi connectivity index (χ3v) is 5.66. The number of hydrogen-bond donors (Lipinski definition) is 1. The highest BCUT2D eigenvalue weighted by atomic mass is 32.2. The summed E-state index contributed by atoms with van der Waals surface area (Å²) >= 11 is 6.48. The molecule has 1 fully saturated rings. The van der Waals surface area contributed by atoms with Crippen molar-refractivity contribution in [2.75, 3.05) is 13.1 Å². The summed E-state index contributed by atoms with van der Waals surface area (Å²) in [6, 6.07) is 6.04. The number of nitrogens with one attached hydrogen (secondary N) is 1. The van der Waals surface area contributed by atoms with Crippen molar-refractivity contribution in [3.8, 4) is 0 Å². The van der Waals surface area contributed by atoms with Gasteiger partial charge in [0.25, 0.3) is 5.91 Å². The first-order chi connectivity index (χ1) is 14.0. The topological polar surface area (TPSA) is 67.2 Å². The maximum Gasteiger partial charge on any atom is 0.266 e. The van der Waals surface area contributed by atoms with Crippen molar-refractivity contribution in [1.82, 2.24) is 19.8 Å². The molecule has 2 heterocycles. The Hall–Kier alpha value is -2.52. The predicted octanol–water partition coefficient (Wildman–Crippen LogP) is 3.21. The molecule has 0 saturated carbocycles. The zero-order chi connectivity index (χ0) is 20.6. The average Bonchev–Trinajstić information content (AvgIpc) is 3.29. The van der Waals surface area contributed by atoms with E-state index in [0.29, 0.717) is 40.7 Å². The fourth-order valence-electron chi connectivity index (χ4n) is 2.84. The van der Waals surface area contributed by atoms with Gasteiger partial charge in [-0.3, -0.25) is 14.5 Å². The van der Waals surface area contributed by atoms with E-state index in [9.17, 15) is 14.0 Å². The number of rotatable bonds is 9. The monoisotopic (exact) mass is 432 g/mol. The molecule has 2 aromatic rings. The zero-order valence-corrected chi connectivity index (χ0v) is 17.3. The molecule has 1 aliphatic rings. The zero-order valence-electron chi connectivity index (χ0n) is 15.7. The van der Waals surface area contributed by atoms with E-state index in [1.165, 1.54) is 28.8 Å². The minimum Gasteiger partial charge on any atom is -0.356 e. The lowest BCUT2D eigenvalue weighted by Gasteiger charge is -2.14. The lowest BCUT2D eigenvalue weighted by Crippen LogP contribution is -2.31. The Balaban J connectivity index is 1.40. The Kier molecular flexibility index (Phi) is 7.54. The van der Waals surface area contributed by atoms with Crippen LogP contribution >= 0.6 is 24.0 Å². The summed E-state index contributed by atoms with van der Waals surface area (Å²) in [6.07, 6.45) is 8.65. The highest BCUT2D eigenvalue weighted by Gasteiger charge is 2.31. The van der Waals surface area contributed by atoms with Crippen LogP contribution in [0.1, 0.15) is 24.8 Å². The van der Waals surface area contributed by atoms with Gasteiger partial charge in [0.2, 0.25) is 5.91 Å². The molecule has 29 heavy (non-hydrogen) atoms. The fourth-order valence-corrected chi connectivity index (χ4v) is 4.14. The average molecular weight is 433 g/mol. The van der Waals surface area contributed by atoms with Crippen LogP contribution in [0.4, 0.5) is 4.39 Å². The molecule has 1 aliphatic heterocycles. The number of carbonyl (C=O) groups is 2. The molecule has 1 aromatic heterocycles. The van der Waals surface area contributed by atoms with Crippen LogP contribution in [0.5, 0.6) is 0 Å². The summed E-state index contributed by atoms with van der Waals surface area (Å²) < 4.78 is 15.7. The Morgan fingerprint density at radius 1 is 1.31 bits per heavy atom. The number of carbonyl (C=O) groups excluding carboxylic acids is 2. The molecular weight excluding hydrogens is 411 g/mol. The first kappa shape index (κ1) is 21.2. The van der Waals surface area contributed by atoms with Gasteiger partial charge in [0.15, 0.2) is 0 Å². The normalized spacial score (nSPS) is 15.3. The molecule has 3 rings (SSSR count). The van der Waals surface area contributed by atoms with E-state index in [2.05, 4.69) is 10.3 Å². The van der Waals surface area contributed by atoms with E-state index in [1.807, 2.05) is 10.8 Å². The van der Waals surface area contributed by atoms with E-state index in [4.69, 9.17) is 12.2 Å². The third kappa shape index (κ3) is 6.23. The van der Waals surface area contributed by atoms with E-state index in [0.717, 1.165) is 13.0 Å². The van der Waals surface area contributed by atoms with Crippen LogP contribution in [-0.2, 0) is 16.1 Å². The molecule has 2 amide bonds. The van der Waals surface area contributed by atoms with Gasteiger partial charge >= 0.3 is 0 Å². The lowest BCUT2D eigenvalue weighted by atomic mass is 10.2. The quantitative estimate of drug-likeness (QED) is 0.374. The number of nitrogens with zero attached hydrogens (tertiary/aromatic N) is 3. The van der Waals surface area contributed by atoms with Crippen molar-refractivity contribution in [2.45, 2.75) is 25.8 Å². The van der Waals surface area contributed by atoms with Crippen LogP contribution in [0, 0.1) is 5.82 Å². The Labute approximate surface area is 178 Å². The number of halogens is 1. The van der Waals surface area contributed by atoms with E-state index in [1.54, 1.807) is 30.7 Å². The molecule has 1 saturated heterocycles. The minimum atomic E-state index is -0.356. The summed E-state index contributed by atoms with van der Waals surface area (Å²) in [4.78, 5) is 30.4. The van der Waals surface area contributed by atoms with E-state index < -0.39 is 0 Å². The summed E-state index contributed by atoms with van der Waals surface area (Å²) in [7, 11) is 0. The molecule has 6 nitrogen and oxygen atoms in total. The number of imidazole rings is 1. The molecule has 152 valence electrons. The molecule has 0 unspecified atom stereocenters. The third-order valence-electron chi connectivity index (χ3n) is 4.28. The van der Waals surface area contributed by atoms with Crippen molar-refractivity contribution in [2.24, 2.45) is 0 Å². The van der Waals surface area contributed by atoms with Gasteiger partial charge in [-0.15, -0.1) is 0 Å². The van der Waals surface area contributed by atoms with Crippen LogP contribution in [0.15, 0.2) is 47.9 Å². The van der Waals surface area contributed by atoms with Crippen LogP contribution in [0.3, 0.4) is 0 Å². The SMILES string of the molecule is O=C(CCCN1C(=O)C(=Cc2cccc(F)c2)SC1=S)NCCCn1ccnc1. The molecule has 0 spiro atoms. The van der Waals surface area contributed by atoms with Crippen molar-refractivity contribution < 1.29 is 14.0 Å². The number of amides is 2. The van der Waals surface area contributed by atoms with Crippen LogP contribution in [0.2, 0.25) is 0 Å². The van der Waals surface area contributed by atoms with Crippen molar-refractivity contribution >= 4 is 46.2 Å². The predicted molar refractivity (Wildman–Crippen MR) is 115 cm³/mol. The first-order valence-corrected chi connectivity index (χ1v) is 10.5. The highest BCUT2D eigenvalue weighted by Crippen LogP contribution is 2.32. The van der Waals surface area contributed by atoms with E-state index in [-0.39, 0.29) is 17.6 Å². The number of thioether (sulfide) groups is 1. The molecule has 0 bridgehead atoms. The first-order valence-electron chi connectivity index (χ1n) is 9.26. The van der Waals surface area contributed by atoms with Crippen LogP contribution in [0.25, 0.3) is 6.08 Å². The number of aryl methyl sites for hydroxylation is 1. The molecule has 1 N–H and O–H groups in total. The Bertz CT molecular complexity index is 915. The molecule has 1 aromatic carbocycles. The van der Waals surface area contributed by atoms with Gasteiger partial charge in [0.05, 0.1) is 11.2 Å². The van der Waals surface area contributed by atoms with Gasteiger partial charge < -0.3 is 9.88 Å². The molecular formula is C20H21FN4O2S2. The smallest absolute Gasteiger partial charge is 0.266 e. The van der Waals surface area contributed by atoms with Gasteiger partial charge in [0.1, 0.15) is 10.1 Å². The standard InChI is InChI=1S/C20H21FN4O2S2/c21-16-5-1-4-15(12-16)13-17-19(27)25(20(28)29-17)10-2-6-18(26)23-7-3-9-24-11-8-22-14-24/h1,4-5,8,11-14H,2-3,6-7,9-10H2,(H,23,26). The maximum atomic E-state index is 13.3. The summed E-state index contributed by atoms with van der Waals surface area (Å²) in [5, 5.41) is 2.88. The van der Waals surface area contributed by atoms with Gasteiger partial charge in [-0.25, -0.2) is 9.37 Å². The number of thiocarbonyl (C=S) groups is 1. The second-order valence-corrected chi connectivity index (χ2v) is 8.17. The molecule has 9 heteroatoms. The summed E-state index contributed by atoms with van der Waals surface area (Å²) in [5.41, 5.74) is 0.612. The Morgan fingerprint density at radius 3 is 2.93 bits per heavy atom. The number of aromatic nitrogens is 2. The number of hydrogen-bond acceptors (Lipinski definition) is 5. The van der Waals surface area contributed by atoms with Crippen molar-refractivity contribution in [3.63, 3.8) is 0 Å². The van der Waals surface area contributed by atoms with Gasteiger partial charge in [-0.05, 0) is 36.6 Å². The molecule has 0 aliphatic carbocycles. The van der Waals surface area contributed by atoms with Crippen molar-refractivity contribution in [1.29, 1.82) is 0 Å². The van der Waals surface area contributed by atoms with Crippen molar-refractivity contribution in [3.05, 3.63) is 59.3 Å². The van der Waals surface area contributed by atoms with Crippen LogP contribution in [-0.4, -0.2) is 43.7 Å². The fraction of sp³-hybridized carbons (Fsp3) is 0.300. The number of benzene rings is 1. The lowest BCUT2D eigenvalue weighted by molar-refractivity contribution is -0.124. The highest BCUT2D eigenvalue weighted by molar-refractivity contribution is 8.26. The Morgan fingerprint density at radius 2 is 2.17 bits per heavy atom. The summed E-state index contributed by atoms with van der Waals surface area (Å²) in [6.45, 7) is 1.77. The van der Waals surface area contributed by atoms with Gasteiger partial charge in [-0.1, -0.05) is 36.1 Å². The van der Waals surface area contributed by atoms with E-state index >= 15 is 0 Å². The second-order valence-electron chi connectivity index (χ2n) is 6.50.